The molecule has 7 heterocycles. The Morgan fingerprint density at radius 2 is 0.857 bits per heavy atom. The summed E-state index contributed by atoms with van der Waals surface area (Å²) in [5.74, 6) is -3.66. The van der Waals surface area contributed by atoms with E-state index in [0.29, 0.717) is 31.2 Å². The molecule has 2 aromatic heterocycles. The van der Waals surface area contributed by atoms with E-state index in [0.717, 1.165) is 56.2 Å². The van der Waals surface area contributed by atoms with Crippen molar-refractivity contribution in [2.75, 3.05) is 52.4 Å². The van der Waals surface area contributed by atoms with E-state index in [1.165, 1.54) is 43.8 Å². The molecule has 368 valence electrons. The Morgan fingerprint density at radius 1 is 0.486 bits per heavy atom. The minimum atomic E-state index is -1.48. The zero-order valence-electron chi connectivity index (χ0n) is 39.8. The quantitative estimate of drug-likeness (QED) is 0.224. The summed E-state index contributed by atoms with van der Waals surface area (Å²) in [5.41, 5.74) is 12.2. The summed E-state index contributed by atoms with van der Waals surface area (Å²) >= 11 is 0. The van der Waals surface area contributed by atoms with Crippen molar-refractivity contribution >= 4 is 47.7 Å². The highest BCUT2D eigenvalue weighted by molar-refractivity contribution is 6.03. The second-order valence-corrected chi connectivity index (χ2v) is 17.5. The molecular formula is C50H57N9O11. The first-order chi connectivity index (χ1) is 33.6. The van der Waals surface area contributed by atoms with Crippen molar-refractivity contribution < 1.29 is 52.9 Å². The van der Waals surface area contributed by atoms with Crippen LogP contribution in [0.3, 0.4) is 0 Å². The number of hydrogen-bond donors (Lipinski definition) is 1. The third kappa shape index (κ3) is 13.2. The highest BCUT2D eigenvalue weighted by atomic mass is 16.9. The van der Waals surface area contributed by atoms with Gasteiger partial charge in [0.05, 0.1) is 0 Å². The molecule has 1 N–H and O–H groups in total. The number of piperazine rings is 2. The first-order valence-electron chi connectivity index (χ1n) is 23.3. The van der Waals surface area contributed by atoms with Crippen LogP contribution in [0.4, 0.5) is 9.59 Å². The number of pyridine rings is 2. The summed E-state index contributed by atoms with van der Waals surface area (Å²) in [6, 6.07) is 21.6. The molecule has 70 heavy (non-hydrogen) atoms. The molecule has 5 saturated heterocycles. The number of nitrogens with one attached hydrogen (secondary N) is 1. The summed E-state index contributed by atoms with van der Waals surface area (Å²) in [6.45, 7) is 17.1. The number of carbonyl (C=O) groups is 8. The predicted octanol–water partition coefficient (Wildman–Crippen LogP) is 4.72. The van der Waals surface area contributed by atoms with Gasteiger partial charge in [-0.1, -0.05) is 46.5 Å². The third-order valence-corrected chi connectivity index (χ3v) is 12.3. The molecular weight excluding hydrogens is 903 g/mol. The fourth-order valence-electron chi connectivity index (χ4n) is 8.27. The summed E-state index contributed by atoms with van der Waals surface area (Å²) in [5, 5.41) is 4.52. The number of benzene rings is 2. The summed E-state index contributed by atoms with van der Waals surface area (Å²) < 4.78 is 0. The molecule has 20 nitrogen and oxygen atoms in total. The third-order valence-electron chi connectivity index (χ3n) is 12.3. The molecule has 0 bridgehead atoms. The van der Waals surface area contributed by atoms with E-state index in [1.807, 2.05) is 32.3 Å². The molecule has 0 saturated carbocycles. The predicted molar refractivity (Wildman–Crippen MR) is 251 cm³/mol. The van der Waals surface area contributed by atoms with Gasteiger partial charge in [0, 0.05) is 128 Å². The van der Waals surface area contributed by atoms with Crippen molar-refractivity contribution in [2.24, 2.45) is 0 Å². The fourth-order valence-corrected chi connectivity index (χ4v) is 8.27. The Morgan fingerprint density at radius 3 is 1.24 bits per heavy atom. The van der Waals surface area contributed by atoms with Crippen LogP contribution in [0.15, 0.2) is 73.1 Å². The molecule has 0 atom stereocenters. The van der Waals surface area contributed by atoms with Gasteiger partial charge in [0.1, 0.15) is 0 Å². The lowest BCUT2D eigenvalue weighted by molar-refractivity contribution is -0.198. The minimum absolute atomic E-state index is 0.0618. The van der Waals surface area contributed by atoms with Gasteiger partial charge >= 0.3 is 12.2 Å². The van der Waals surface area contributed by atoms with Gasteiger partial charge in [-0.05, 0) is 96.5 Å². The van der Waals surface area contributed by atoms with Crippen LogP contribution in [0.25, 0.3) is 22.3 Å². The summed E-state index contributed by atoms with van der Waals surface area (Å²) in [4.78, 5) is 120. The number of aromatic nitrogens is 2. The van der Waals surface area contributed by atoms with Gasteiger partial charge in [-0.15, -0.1) is 5.06 Å². The lowest BCUT2D eigenvalue weighted by atomic mass is 9.99. The van der Waals surface area contributed by atoms with E-state index < -0.39 is 47.7 Å². The van der Waals surface area contributed by atoms with Crippen molar-refractivity contribution in [3.05, 3.63) is 107 Å². The van der Waals surface area contributed by atoms with Gasteiger partial charge in [0.15, 0.2) is 0 Å². The zero-order valence-corrected chi connectivity index (χ0v) is 39.8. The van der Waals surface area contributed by atoms with Gasteiger partial charge in [0.25, 0.3) is 35.4 Å². The zero-order chi connectivity index (χ0) is 49.9. The fraction of sp³-hybridized carbons (Fsp3) is 0.400. The molecule has 20 heteroatoms. The molecule has 0 unspecified atom stereocenters. The van der Waals surface area contributed by atoms with Crippen molar-refractivity contribution in [1.82, 2.24) is 45.2 Å². The number of carbonyl (C=O) groups excluding carboxylic acids is 8. The van der Waals surface area contributed by atoms with E-state index >= 15 is 0 Å². The lowest BCUT2D eigenvalue weighted by Crippen LogP contribution is -2.50. The number of rotatable bonds is 9. The number of nitrogens with zero attached hydrogens (tertiary/aromatic N) is 8. The highest BCUT2D eigenvalue weighted by Crippen LogP contribution is 2.26. The van der Waals surface area contributed by atoms with Gasteiger partial charge < -0.3 is 15.1 Å². The second-order valence-electron chi connectivity index (χ2n) is 17.5. The molecule has 7 amide bonds. The number of aryl methyl sites for hydroxylation is 4. The van der Waals surface area contributed by atoms with E-state index in [2.05, 4.69) is 103 Å². The van der Waals surface area contributed by atoms with Crippen LogP contribution in [0.1, 0.15) is 72.2 Å². The Kier molecular flexibility index (Phi) is 16.8. The van der Waals surface area contributed by atoms with Crippen LogP contribution in [0.2, 0.25) is 0 Å². The summed E-state index contributed by atoms with van der Waals surface area (Å²) in [7, 11) is 0. The lowest BCUT2D eigenvalue weighted by Gasteiger charge is -2.34. The molecule has 9 rings (SSSR count). The Bertz CT molecular complexity index is 2560. The molecule has 0 aliphatic carbocycles. The maximum atomic E-state index is 12.3. The largest absolute Gasteiger partial charge is 0.560 e. The van der Waals surface area contributed by atoms with Crippen molar-refractivity contribution in [1.29, 1.82) is 0 Å². The highest BCUT2D eigenvalue weighted by Gasteiger charge is 2.38. The first kappa shape index (κ1) is 50.5. The Labute approximate surface area is 405 Å². The Hall–Kier alpha value is -7.42. The van der Waals surface area contributed by atoms with Crippen molar-refractivity contribution in [2.45, 2.75) is 79.3 Å². The number of hydroxylamine groups is 6. The number of amides is 7. The first-order valence-corrected chi connectivity index (χ1v) is 23.3. The maximum Gasteiger partial charge on any atom is 0.560 e. The van der Waals surface area contributed by atoms with Gasteiger partial charge in [-0.2, -0.15) is 4.79 Å². The van der Waals surface area contributed by atoms with Crippen LogP contribution in [0.5, 0.6) is 0 Å². The van der Waals surface area contributed by atoms with Crippen molar-refractivity contribution in [3.63, 3.8) is 0 Å². The van der Waals surface area contributed by atoms with Gasteiger partial charge in [-0.25, -0.2) is 4.79 Å². The molecule has 5 fully saturated rings. The number of imide groups is 3. The molecule has 4 aromatic rings. The van der Waals surface area contributed by atoms with Crippen LogP contribution in [-0.4, -0.2) is 140 Å². The van der Waals surface area contributed by atoms with E-state index in [1.54, 1.807) is 0 Å². The molecule has 2 aromatic carbocycles. The average molecular weight is 960 g/mol. The van der Waals surface area contributed by atoms with Crippen LogP contribution in [-0.2, 0) is 56.4 Å². The van der Waals surface area contributed by atoms with Crippen LogP contribution >= 0.6 is 0 Å². The maximum absolute atomic E-state index is 12.3. The molecule has 0 spiro atoms. The standard InChI is InChI=1S/C23H26N4O4.C18H23N3.C9H8N2O7/c1-16-13-18(19-7-8-24-17(2)14-19)3-4-20(16)15-25-9-11-26(12-10-25)23(30)31-27-21(28)5-6-22(27)29;1-14-11-16(17-5-6-20-15(2)12-17)3-4-18(14)13-21-9-7-19-8-10-21;12-5-1-2-6(13)10(5)17-9(16)18-11-7(14)3-4-8(11)15/h3-4,7-8,13-14H,5-6,9-12,15H2,1-2H3;3-6,11-12,19H,7-10,13H2,1-2H3;1-4H2. The minimum Gasteiger partial charge on any atom is -0.314 e. The van der Waals surface area contributed by atoms with Crippen LogP contribution < -0.4 is 5.32 Å². The molecule has 0 radical (unpaired) electrons. The van der Waals surface area contributed by atoms with E-state index in [9.17, 15) is 38.4 Å². The van der Waals surface area contributed by atoms with Gasteiger partial charge in [0.2, 0.25) is 0 Å². The molecule has 5 aliphatic rings. The monoisotopic (exact) mass is 959 g/mol. The topological polar surface area (TPSA) is 221 Å². The molecule has 5 aliphatic heterocycles. The summed E-state index contributed by atoms with van der Waals surface area (Å²) in [6.07, 6.45) is 1.53. The SMILES string of the molecule is Cc1cc(-c2ccc(CN3CCN(C(=O)ON4C(=O)CCC4=O)CC3)c(C)c2)ccn1.Cc1cc(-c2ccc(CN3CCNCC3)c(C)c2)ccn1.O=C(ON1C(=O)CCC1=O)ON1C(=O)CCC1=O. The van der Waals surface area contributed by atoms with Crippen LogP contribution in [0, 0.1) is 27.7 Å². The smallest absolute Gasteiger partial charge is 0.314 e. The average Bonchev–Trinajstić information content (AvgIpc) is 3.97. The van der Waals surface area contributed by atoms with E-state index in [4.69, 9.17) is 4.84 Å². The van der Waals surface area contributed by atoms with Gasteiger partial charge in [-0.3, -0.25) is 58.2 Å². The second kappa shape index (κ2) is 23.3. The Balaban J connectivity index is 0.000000162. The number of hydrogen-bond acceptors (Lipinski definition) is 16. The van der Waals surface area contributed by atoms with Crippen molar-refractivity contribution in [3.8, 4) is 22.3 Å². The van der Waals surface area contributed by atoms with E-state index in [-0.39, 0.29) is 48.7 Å². The normalized spacial score (nSPS) is 17.6.